The summed E-state index contributed by atoms with van der Waals surface area (Å²) >= 11 is 0. The van der Waals surface area contributed by atoms with E-state index in [9.17, 15) is 0 Å². The molecule has 1 N–H and O–H groups in total. The fraction of sp³-hybridized carbons (Fsp3) is 0. The van der Waals surface area contributed by atoms with Gasteiger partial charge in [-0.1, -0.05) is 0 Å². The molecule has 4 nitrogen and oxygen atoms in total. The summed E-state index contributed by atoms with van der Waals surface area (Å²) in [6, 6.07) is 5.42. The van der Waals surface area contributed by atoms with Gasteiger partial charge in [-0.3, -0.25) is 15.4 Å². The highest BCUT2D eigenvalue weighted by atomic mass is 14.7. The Morgan fingerprint density at radius 1 is 1.36 bits per heavy atom. The molecule has 0 atom stereocenters. The van der Waals surface area contributed by atoms with Gasteiger partial charge in [-0.05, 0) is 17.5 Å². The average Bonchev–Trinajstić information content (AvgIpc) is 2.27. The Labute approximate surface area is 80.4 Å². The third-order valence-electron chi connectivity index (χ3n) is 1.92. The molecule has 0 aliphatic rings. The molecule has 0 aliphatic heterocycles. The van der Waals surface area contributed by atoms with Gasteiger partial charge < -0.3 is 0 Å². The summed E-state index contributed by atoms with van der Waals surface area (Å²) in [6.07, 6.45) is 4.87. The second kappa shape index (κ2) is 3.23. The molecular weight excluding hydrogens is 176 g/mol. The van der Waals surface area contributed by atoms with Crippen LogP contribution in [-0.2, 0) is 0 Å². The number of hydrogen-bond acceptors (Lipinski definition) is 4. The number of rotatable bonds is 1. The quantitative estimate of drug-likeness (QED) is 0.679. The van der Waals surface area contributed by atoms with E-state index in [2.05, 4.69) is 9.97 Å². The van der Waals surface area contributed by atoms with Gasteiger partial charge in [0.15, 0.2) is 5.71 Å². The third-order valence-corrected chi connectivity index (χ3v) is 1.92. The molecule has 66 valence electrons. The maximum Gasteiger partial charge on any atom is 0.158 e. The second-order valence-electron chi connectivity index (χ2n) is 2.74. The molecule has 0 bridgehead atoms. The van der Waals surface area contributed by atoms with Gasteiger partial charge in [0.2, 0.25) is 0 Å². The van der Waals surface area contributed by atoms with E-state index in [1.54, 1.807) is 24.7 Å². The van der Waals surface area contributed by atoms with Crippen LogP contribution in [-0.4, -0.2) is 15.7 Å². The molecule has 0 radical (unpaired) electrons. The number of pyridine rings is 2. The lowest BCUT2D eigenvalue weighted by Gasteiger charge is -2.00. The van der Waals surface area contributed by atoms with Crippen LogP contribution < -0.4 is 0 Å². The molecule has 14 heavy (non-hydrogen) atoms. The maximum atomic E-state index is 8.61. The lowest BCUT2D eigenvalue weighted by atomic mass is 10.1. The monoisotopic (exact) mass is 182 g/mol. The van der Waals surface area contributed by atoms with Crippen molar-refractivity contribution < 1.29 is 0 Å². The molecule has 0 spiro atoms. The molecule has 0 aromatic carbocycles. The standard InChI is InChI=1S/C10H6N4/c11-5-9(12)10-8-6-13-3-1-7(8)2-4-14-10/h1-4,6,12H. The van der Waals surface area contributed by atoms with Crippen molar-refractivity contribution in [3.63, 3.8) is 0 Å². The molecule has 2 aromatic rings. The molecule has 4 heteroatoms. The normalized spacial score (nSPS) is 9.64. The van der Waals surface area contributed by atoms with E-state index in [0.29, 0.717) is 5.69 Å². The van der Waals surface area contributed by atoms with Crippen LogP contribution in [0.5, 0.6) is 0 Å². The minimum absolute atomic E-state index is 0.136. The molecule has 0 amide bonds. The molecule has 2 heterocycles. The van der Waals surface area contributed by atoms with E-state index in [4.69, 9.17) is 10.7 Å². The van der Waals surface area contributed by atoms with Crippen LogP contribution in [0.2, 0.25) is 0 Å². The van der Waals surface area contributed by atoms with Crippen molar-refractivity contribution >= 4 is 16.5 Å². The van der Waals surface area contributed by atoms with Gasteiger partial charge in [0.1, 0.15) is 11.8 Å². The fourth-order valence-corrected chi connectivity index (χ4v) is 1.26. The number of hydrogen-bond donors (Lipinski definition) is 1. The Morgan fingerprint density at radius 3 is 2.93 bits per heavy atom. The smallest absolute Gasteiger partial charge is 0.158 e. The lowest BCUT2D eigenvalue weighted by Crippen LogP contribution is -1.99. The first-order valence-electron chi connectivity index (χ1n) is 4.00. The van der Waals surface area contributed by atoms with E-state index in [1.165, 1.54) is 0 Å². The maximum absolute atomic E-state index is 8.61. The molecule has 0 saturated heterocycles. The van der Waals surface area contributed by atoms with Gasteiger partial charge in [-0.15, -0.1) is 0 Å². The molecule has 0 unspecified atom stereocenters. The summed E-state index contributed by atoms with van der Waals surface area (Å²) in [5.41, 5.74) is 0.252. The highest BCUT2D eigenvalue weighted by Gasteiger charge is 2.06. The first-order valence-corrected chi connectivity index (χ1v) is 4.00. The third kappa shape index (κ3) is 1.21. The van der Waals surface area contributed by atoms with Gasteiger partial charge >= 0.3 is 0 Å². The molecular formula is C10H6N4. The summed E-state index contributed by atoms with van der Waals surface area (Å²) < 4.78 is 0. The van der Waals surface area contributed by atoms with Gasteiger partial charge in [-0.2, -0.15) is 5.26 Å². The van der Waals surface area contributed by atoms with Crippen LogP contribution in [0.25, 0.3) is 10.8 Å². The van der Waals surface area contributed by atoms with Crippen LogP contribution in [0.3, 0.4) is 0 Å². The van der Waals surface area contributed by atoms with Gasteiger partial charge in [0.25, 0.3) is 0 Å². The van der Waals surface area contributed by atoms with Crippen LogP contribution in [0, 0.1) is 16.7 Å². The van der Waals surface area contributed by atoms with Crippen molar-refractivity contribution in [2.24, 2.45) is 0 Å². The van der Waals surface area contributed by atoms with Gasteiger partial charge in [0, 0.05) is 24.0 Å². The van der Waals surface area contributed by atoms with E-state index in [-0.39, 0.29) is 5.71 Å². The van der Waals surface area contributed by atoms with Crippen molar-refractivity contribution in [2.45, 2.75) is 0 Å². The largest absolute Gasteiger partial charge is 0.288 e. The fourth-order valence-electron chi connectivity index (χ4n) is 1.26. The highest BCUT2D eigenvalue weighted by molar-refractivity contribution is 6.15. The van der Waals surface area contributed by atoms with Gasteiger partial charge in [-0.25, -0.2) is 0 Å². The van der Waals surface area contributed by atoms with E-state index < -0.39 is 0 Å². The number of nitrogens with one attached hydrogen (secondary N) is 1. The summed E-state index contributed by atoms with van der Waals surface area (Å²) in [5.74, 6) is 0. The first kappa shape index (κ1) is 8.32. The summed E-state index contributed by atoms with van der Waals surface area (Å²) in [5, 5.41) is 17.7. The zero-order chi connectivity index (χ0) is 9.97. The minimum atomic E-state index is -0.136. The Kier molecular flexibility index (Phi) is 1.92. The average molecular weight is 182 g/mol. The Morgan fingerprint density at radius 2 is 2.14 bits per heavy atom. The van der Waals surface area contributed by atoms with Gasteiger partial charge in [0.05, 0.1) is 0 Å². The molecule has 0 fully saturated rings. The first-order chi connectivity index (χ1) is 6.83. The number of nitrogens with zero attached hydrogens (tertiary/aromatic N) is 3. The van der Waals surface area contributed by atoms with Crippen LogP contribution in [0.4, 0.5) is 0 Å². The second-order valence-corrected chi connectivity index (χ2v) is 2.74. The van der Waals surface area contributed by atoms with E-state index in [0.717, 1.165) is 10.8 Å². The summed E-state index contributed by atoms with van der Waals surface area (Å²) in [6.45, 7) is 0. The topological polar surface area (TPSA) is 73.4 Å². The number of fused-ring (bicyclic) bond motifs is 1. The minimum Gasteiger partial charge on any atom is -0.288 e. The van der Waals surface area contributed by atoms with Crippen molar-refractivity contribution in [3.05, 3.63) is 36.4 Å². The number of aromatic nitrogens is 2. The van der Waals surface area contributed by atoms with Crippen LogP contribution in [0.15, 0.2) is 30.7 Å². The van der Waals surface area contributed by atoms with Crippen molar-refractivity contribution in [2.75, 3.05) is 0 Å². The molecule has 2 aromatic heterocycles. The van der Waals surface area contributed by atoms with Crippen molar-refractivity contribution in [1.29, 1.82) is 10.7 Å². The Bertz CT molecular complexity index is 534. The summed E-state index contributed by atoms with van der Waals surface area (Å²) in [4.78, 5) is 7.93. The predicted octanol–water partition coefficient (Wildman–Crippen LogP) is 1.52. The van der Waals surface area contributed by atoms with E-state index >= 15 is 0 Å². The van der Waals surface area contributed by atoms with Crippen molar-refractivity contribution in [3.8, 4) is 6.07 Å². The molecule has 0 aliphatic carbocycles. The Balaban J connectivity index is 2.79. The van der Waals surface area contributed by atoms with E-state index in [1.807, 2.05) is 12.1 Å². The number of nitriles is 1. The molecule has 0 saturated carbocycles. The lowest BCUT2D eigenvalue weighted by molar-refractivity contribution is 1.28. The summed E-state index contributed by atoms with van der Waals surface area (Å²) in [7, 11) is 0. The zero-order valence-corrected chi connectivity index (χ0v) is 7.23. The highest BCUT2D eigenvalue weighted by Crippen LogP contribution is 2.14. The zero-order valence-electron chi connectivity index (χ0n) is 7.23. The molecule has 2 rings (SSSR count). The SMILES string of the molecule is N#CC(=N)c1nccc2ccncc12. The Hall–Kier alpha value is -2.28. The van der Waals surface area contributed by atoms with Crippen LogP contribution in [0.1, 0.15) is 5.69 Å². The van der Waals surface area contributed by atoms with Crippen LogP contribution >= 0.6 is 0 Å². The van der Waals surface area contributed by atoms with Crippen molar-refractivity contribution in [1.82, 2.24) is 9.97 Å². The predicted molar refractivity (Wildman–Crippen MR) is 52.0 cm³/mol.